The minimum atomic E-state index is -7.22. The zero-order chi connectivity index (χ0) is 52.9. The van der Waals surface area contributed by atoms with Crippen molar-refractivity contribution in [2.75, 3.05) is 0 Å². The van der Waals surface area contributed by atoms with Crippen molar-refractivity contribution in [3.05, 3.63) is 243 Å². The summed E-state index contributed by atoms with van der Waals surface area (Å²) in [6.45, 7) is 0. The molecule has 0 unspecified atom stereocenters. The lowest BCUT2D eigenvalue weighted by Crippen LogP contribution is -2.81. The van der Waals surface area contributed by atoms with Gasteiger partial charge in [-0.15, -0.1) is 21.9 Å². The maximum absolute atomic E-state index is 15.4. The zero-order valence-electron chi connectivity index (χ0n) is 35.1. The number of benzene rings is 8. The van der Waals surface area contributed by atoms with Crippen LogP contribution in [0.3, 0.4) is 0 Å². The Morgan fingerprint density at radius 2 is 0.431 bits per heavy atom. The standard InChI is InChI=1S/C25H21FP.C24BF20/c26-22-18-16-21(17-19-22)20-27(23-10-4-1-5-11-23,24-12-6-2-7-13-24)25-14-8-3-9-15-25;26-5-1(6(27)14(35)21(42)13(5)34)25(2-7(28)15(36)22(43)16(37)8(2)29,3-9(30)17(38)23(44)18(39)10(3)31)4-11(32)19(40)24(45)20(41)12(4)33/h1-19H,20H2;/q+1;-1. The van der Waals surface area contributed by atoms with E-state index in [1.807, 2.05) is 12.1 Å². The van der Waals surface area contributed by atoms with Crippen LogP contribution in [0.1, 0.15) is 5.56 Å². The molecule has 0 aromatic heterocycles. The molecule has 0 heterocycles. The predicted octanol–water partition coefficient (Wildman–Crippen LogP) is 11.2. The Hall–Kier alpha value is -7.22. The molecule has 0 aliphatic heterocycles. The molecule has 0 atom stereocenters. The number of halogens is 21. The molecule has 8 aromatic rings. The topological polar surface area (TPSA) is 0 Å². The summed E-state index contributed by atoms with van der Waals surface area (Å²) >= 11 is 0. The van der Waals surface area contributed by atoms with Crippen LogP contribution in [0.4, 0.5) is 92.2 Å². The summed E-state index contributed by atoms with van der Waals surface area (Å²) in [6, 6.07) is 39.2. The van der Waals surface area contributed by atoms with E-state index < -0.39 is 152 Å². The van der Waals surface area contributed by atoms with Crippen LogP contribution in [0, 0.1) is 122 Å². The summed E-state index contributed by atoms with van der Waals surface area (Å²) in [5.74, 6) is -71.6. The van der Waals surface area contributed by atoms with Crippen molar-refractivity contribution >= 4 is 51.2 Å². The van der Waals surface area contributed by atoms with Gasteiger partial charge in [0.15, 0.2) is 69.8 Å². The van der Waals surface area contributed by atoms with E-state index in [-0.39, 0.29) is 5.82 Å². The van der Waals surface area contributed by atoms with Gasteiger partial charge in [-0.2, -0.15) is 0 Å². The second kappa shape index (κ2) is 20.1. The second-order valence-electron chi connectivity index (χ2n) is 15.4. The van der Waals surface area contributed by atoms with E-state index in [2.05, 4.69) is 91.0 Å². The van der Waals surface area contributed by atoms with Crippen LogP contribution in [-0.2, 0) is 6.16 Å². The maximum atomic E-state index is 15.4. The summed E-state index contributed by atoms with van der Waals surface area (Å²) in [7, 11) is -1.91. The average Bonchev–Trinajstić information content (AvgIpc) is 3.39. The van der Waals surface area contributed by atoms with Crippen molar-refractivity contribution in [2.24, 2.45) is 0 Å². The molecule has 0 nitrogen and oxygen atoms in total. The first-order valence-electron chi connectivity index (χ1n) is 20.0. The zero-order valence-corrected chi connectivity index (χ0v) is 36.0. The molecule has 0 aliphatic rings. The van der Waals surface area contributed by atoms with Gasteiger partial charge in [0.05, 0.1) is 6.16 Å². The van der Waals surface area contributed by atoms with Gasteiger partial charge in [-0.25, -0.2) is 92.2 Å². The van der Waals surface area contributed by atoms with Crippen LogP contribution in [0.2, 0.25) is 0 Å². The third-order valence-corrected chi connectivity index (χ3v) is 16.0. The van der Waals surface area contributed by atoms with Crippen LogP contribution in [0.25, 0.3) is 0 Å². The lowest BCUT2D eigenvalue weighted by molar-refractivity contribution is 0.378. The number of hydrogen-bond donors (Lipinski definition) is 0. The molecule has 0 fully saturated rings. The molecule has 0 radical (unpaired) electrons. The van der Waals surface area contributed by atoms with E-state index >= 15 is 35.1 Å². The van der Waals surface area contributed by atoms with Gasteiger partial charge in [-0.1, -0.05) is 66.7 Å². The second-order valence-corrected chi connectivity index (χ2v) is 18.9. The Kier molecular flexibility index (Phi) is 14.7. The Labute approximate surface area is 391 Å². The first-order chi connectivity index (χ1) is 34.0. The normalized spacial score (nSPS) is 11.7. The molecule has 0 N–H and O–H groups in total. The summed E-state index contributed by atoms with van der Waals surface area (Å²) in [6.07, 6.45) is -6.35. The molecular formula is C49H21BF21P. The van der Waals surface area contributed by atoms with E-state index in [4.69, 9.17) is 0 Å². The third kappa shape index (κ3) is 8.31. The van der Waals surface area contributed by atoms with Crippen molar-refractivity contribution < 1.29 is 92.2 Å². The van der Waals surface area contributed by atoms with E-state index in [9.17, 15) is 57.1 Å². The summed E-state index contributed by atoms with van der Waals surface area (Å²) in [4.78, 5) is 0. The molecule has 372 valence electrons. The van der Waals surface area contributed by atoms with Crippen molar-refractivity contribution in [2.45, 2.75) is 6.16 Å². The van der Waals surface area contributed by atoms with Gasteiger partial charge in [-0.05, 0) is 54.1 Å². The summed E-state index contributed by atoms with van der Waals surface area (Å²) in [5, 5.41) is 4.02. The Balaban J connectivity index is 0.000000238. The quantitative estimate of drug-likeness (QED) is 0.0444. The fourth-order valence-corrected chi connectivity index (χ4v) is 12.8. The SMILES string of the molecule is Fc1c(F)c(F)c([B-](c2c(F)c(F)c(F)c(F)c2F)(c2c(F)c(F)c(F)c(F)c2F)c2c(F)c(F)c(F)c(F)c2F)c(F)c1F.Fc1ccc(C[P+](c2ccccc2)(c2ccccc2)c2ccccc2)cc1. The van der Waals surface area contributed by atoms with E-state index in [0.29, 0.717) is 0 Å². The van der Waals surface area contributed by atoms with Crippen molar-refractivity contribution in [1.82, 2.24) is 0 Å². The highest BCUT2D eigenvalue weighted by Gasteiger charge is 2.52. The van der Waals surface area contributed by atoms with Gasteiger partial charge in [-0.3, -0.25) is 0 Å². The fraction of sp³-hybridized carbons (Fsp3) is 0.0204. The molecule has 0 saturated heterocycles. The maximum Gasteiger partial charge on any atom is 0.200 e. The van der Waals surface area contributed by atoms with Crippen LogP contribution in [-0.4, -0.2) is 6.15 Å². The number of rotatable bonds is 9. The van der Waals surface area contributed by atoms with Gasteiger partial charge in [0, 0.05) is 0 Å². The summed E-state index contributed by atoms with van der Waals surface area (Å²) in [5.41, 5.74) is -13.2. The predicted molar refractivity (Wildman–Crippen MR) is 224 cm³/mol. The van der Waals surface area contributed by atoms with E-state index in [1.165, 1.54) is 15.9 Å². The highest BCUT2D eigenvalue weighted by molar-refractivity contribution is 7.95. The molecule has 72 heavy (non-hydrogen) atoms. The first-order valence-corrected chi connectivity index (χ1v) is 22.0. The summed E-state index contributed by atoms with van der Waals surface area (Å²) < 4.78 is 307. The smallest absolute Gasteiger partial charge is 0.200 e. The van der Waals surface area contributed by atoms with Gasteiger partial charge in [0.1, 0.15) is 81.7 Å². The minimum Gasteiger partial charge on any atom is -0.207 e. The fourth-order valence-electron chi connectivity index (χ4n) is 8.51. The molecule has 0 spiro atoms. The van der Waals surface area contributed by atoms with Gasteiger partial charge < -0.3 is 0 Å². The lowest BCUT2D eigenvalue weighted by atomic mass is 9.12. The van der Waals surface area contributed by atoms with Gasteiger partial charge in [0.25, 0.3) is 0 Å². The van der Waals surface area contributed by atoms with Crippen molar-refractivity contribution in [3.8, 4) is 0 Å². The highest BCUT2D eigenvalue weighted by atomic mass is 31.2. The molecule has 8 aromatic carbocycles. The minimum absolute atomic E-state index is 0.193. The molecular weight excluding hydrogens is 1030 g/mol. The molecule has 8 rings (SSSR count). The molecule has 0 amide bonds. The van der Waals surface area contributed by atoms with Crippen LogP contribution in [0.5, 0.6) is 0 Å². The first kappa shape index (κ1) is 52.6. The van der Waals surface area contributed by atoms with Gasteiger partial charge in [0.2, 0.25) is 0 Å². The highest BCUT2D eigenvalue weighted by Crippen LogP contribution is 2.58. The van der Waals surface area contributed by atoms with E-state index in [0.717, 1.165) is 11.7 Å². The van der Waals surface area contributed by atoms with Crippen molar-refractivity contribution in [1.29, 1.82) is 0 Å². The van der Waals surface area contributed by atoms with Crippen molar-refractivity contribution in [3.63, 3.8) is 0 Å². The van der Waals surface area contributed by atoms with Crippen LogP contribution in [0.15, 0.2) is 115 Å². The Bertz CT molecular complexity index is 2900. The molecule has 0 bridgehead atoms. The monoisotopic (exact) mass is 1050 g/mol. The Morgan fingerprint density at radius 1 is 0.236 bits per heavy atom. The van der Waals surface area contributed by atoms with Crippen LogP contribution < -0.4 is 37.8 Å². The third-order valence-electron chi connectivity index (χ3n) is 11.6. The molecule has 0 saturated carbocycles. The van der Waals surface area contributed by atoms with Crippen LogP contribution >= 0.6 is 7.26 Å². The van der Waals surface area contributed by atoms with E-state index in [1.54, 1.807) is 12.1 Å². The molecule has 23 heteroatoms. The van der Waals surface area contributed by atoms with Gasteiger partial charge >= 0.3 is 0 Å². The molecule has 0 aliphatic carbocycles. The average molecular weight is 1050 g/mol. The number of hydrogen-bond acceptors (Lipinski definition) is 0. The Morgan fingerprint density at radius 3 is 0.639 bits per heavy atom. The lowest BCUT2D eigenvalue weighted by Gasteiger charge is -2.44. The largest absolute Gasteiger partial charge is 0.207 e.